The van der Waals surface area contributed by atoms with Crippen LogP contribution in [-0.4, -0.2) is 62.6 Å². The van der Waals surface area contributed by atoms with E-state index >= 15 is 0 Å². The molecule has 4 heterocycles. The SMILES string of the molecule is C=CC(=O)N1CC2(CCN(Cc3cc4c(c(C(F)(F)F)c3)CN(c3ccccc3)C4=O)C2)C1.CC1CC(c2nncn2C)C1.CCC. The number of aryl methyl sites for hydroxylation is 1. The number of nitrogens with zero attached hydrogens (tertiary/aromatic N) is 6. The van der Waals surface area contributed by atoms with Crippen molar-refractivity contribution in [3.63, 3.8) is 0 Å². The summed E-state index contributed by atoms with van der Waals surface area (Å²) in [4.78, 5) is 30.1. The molecule has 0 radical (unpaired) electrons. The molecule has 0 bridgehead atoms. The Morgan fingerprint density at radius 2 is 1.79 bits per heavy atom. The monoisotopic (exact) mass is 650 g/mol. The van der Waals surface area contributed by atoms with Gasteiger partial charge in [-0.15, -0.1) is 10.2 Å². The summed E-state index contributed by atoms with van der Waals surface area (Å²) in [6, 6.07) is 11.6. The zero-order valence-electron chi connectivity index (χ0n) is 27.8. The molecule has 7 rings (SSSR count). The van der Waals surface area contributed by atoms with Crippen molar-refractivity contribution in [3.8, 4) is 0 Å². The Balaban J connectivity index is 0.000000257. The van der Waals surface area contributed by atoms with Gasteiger partial charge in [-0.2, -0.15) is 13.2 Å². The van der Waals surface area contributed by atoms with Gasteiger partial charge in [0.05, 0.1) is 12.1 Å². The lowest BCUT2D eigenvalue weighted by Gasteiger charge is -2.47. The van der Waals surface area contributed by atoms with E-state index in [0.29, 0.717) is 36.8 Å². The Morgan fingerprint density at radius 1 is 1.11 bits per heavy atom. The minimum atomic E-state index is -4.54. The smallest absolute Gasteiger partial charge is 0.338 e. The van der Waals surface area contributed by atoms with Gasteiger partial charge in [0.25, 0.3) is 5.91 Å². The Morgan fingerprint density at radius 3 is 2.36 bits per heavy atom. The van der Waals surface area contributed by atoms with Crippen LogP contribution in [-0.2, 0) is 31.1 Å². The van der Waals surface area contributed by atoms with Crippen molar-refractivity contribution in [2.24, 2.45) is 18.4 Å². The summed E-state index contributed by atoms with van der Waals surface area (Å²) in [5.41, 5.74) is 0.502. The third kappa shape index (κ3) is 7.45. The van der Waals surface area contributed by atoms with Crippen molar-refractivity contribution < 1.29 is 22.8 Å². The fourth-order valence-corrected chi connectivity index (χ4v) is 7.13. The number of likely N-dealkylation sites (tertiary alicyclic amines) is 2. The number of alkyl halides is 3. The van der Waals surface area contributed by atoms with Crippen LogP contribution in [0.4, 0.5) is 18.9 Å². The lowest BCUT2D eigenvalue weighted by Crippen LogP contribution is -2.59. The number of aromatic nitrogens is 3. The lowest BCUT2D eigenvalue weighted by atomic mass is 9.76. The van der Waals surface area contributed by atoms with Gasteiger partial charge in [0.15, 0.2) is 0 Å². The van der Waals surface area contributed by atoms with E-state index in [4.69, 9.17) is 0 Å². The second-order valence-corrected chi connectivity index (χ2v) is 13.5. The highest BCUT2D eigenvalue weighted by molar-refractivity contribution is 6.10. The Kier molecular flexibility index (Phi) is 10.2. The lowest BCUT2D eigenvalue weighted by molar-refractivity contribution is -0.138. The number of para-hydroxylation sites is 1. The average molecular weight is 651 g/mol. The van der Waals surface area contributed by atoms with Gasteiger partial charge in [-0.05, 0) is 73.2 Å². The van der Waals surface area contributed by atoms with Crippen molar-refractivity contribution in [1.82, 2.24) is 24.6 Å². The molecule has 0 atom stereocenters. The van der Waals surface area contributed by atoms with Crippen LogP contribution in [0.15, 0.2) is 61.4 Å². The molecule has 1 aliphatic carbocycles. The maximum atomic E-state index is 13.9. The molecule has 2 amide bonds. The molecule has 3 aliphatic heterocycles. The number of amides is 2. The first kappa shape index (κ1) is 34.3. The summed E-state index contributed by atoms with van der Waals surface area (Å²) < 4.78 is 43.9. The molecule has 3 aromatic rings. The molecule has 2 aromatic carbocycles. The number of carbonyl (C=O) groups excluding carboxylic acids is 2. The molecule has 11 heteroatoms. The van der Waals surface area contributed by atoms with Crippen LogP contribution in [0.25, 0.3) is 0 Å². The molecule has 0 N–H and O–H groups in total. The second-order valence-electron chi connectivity index (χ2n) is 13.5. The van der Waals surface area contributed by atoms with Crippen LogP contribution in [0.1, 0.15) is 85.2 Å². The summed E-state index contributed by atoms with van der Waals surface area (Å²) >= 11 is 0. The first-order valence-corrected chi connectivity index (χ1v) is 16.5. The predicted octanol–water partition coefficient (Wildman–Crippen LogP) is 6.83. The highest BCUT2D eigenvalue weighted by Crippen LogP contribution is 2.43. The number of fused-ring (bicyclic) bond motifs is 1. The van der Waals surface area contributed by atoms with Gasteiger partial charge in [0, 0.05) is 55.8 Å². The highest BCUT2D eigenvalue weighted by atomic mass is 19.4. The molecule has 1 saturated carbocycles. The molecule has 4 aliphatic rings. The second kappa shape index (κ2) is 14.0. The van der Waals surface area contributed by atoms with Gasteiger partial charge in [-0.25, -0.2) is 0 Å². The van der Waals surface area contributed by atoms with E-state index in [0.717, 1.165) is 31.3 Å². The Hall–Kier alpha value is -3.99. The fourth-order valence-electron chi connectivity index (χ4n) is 7.13. The third-order valence-corrected chi connectivity index (χ3v) is 9.42. The van der Waals surface area contributed by atoms with Crippen LogP contribution >= 0.6 is 0 Å². The quantitative estimate of drug-likeness (QED) is 0.283. The van der Waals surface area contributed by atoms with E-state index in [1.807, 2.05) is 11.6 Å². The highest BCUT2D eigenvalue weighted by Gasteiger charge is 2.49. The van der Waals surface area contributed by atoms with Crippen molar-refractivity contribution in [1.29, 1.82) is 0 Å². The van der Waals surface area contributed by atoms with Gasteiger partial charge < -0.3 is 14.4 Å². The van der Waals surface area contributed by atoms with Crippen LogP contribution in [0.3, 0.4) is 0 Å². The van der Waals surface area contributed by atoms with E-state index < -0.39 is 17.6 Å². The first-order chi connectivity index (χ1) is 22.4. The summed E-state index contributed by atoms with van der Waals surface area (Å²) in [6.07, 6.45) is 3.25. The molecule has 3 fully saturated rings. The molecular formula is C36H45F3N6O2. The number of carbonyl (C=O) groups is 2. The molecule has 1 aromatic heterocycles. The number of hydrogen-bond donors (Lipinski definition) is 0. The van der Waals surface area contributed by atoms with E-state index in [1.54, 1.807) is 47.6 Å². The van der Waals surface area contributed by atoms with Crippen LogP contribution in [0, 0.1) is 11.3 Å². The largest absolute Gasteiger partial charge is 0.416 e. The van der Waals surface area contributed by atoms with Crippen LogP contribution in [0.2, 0.25) is 0 Å². The molecular weight excluding hydrogens is 605 g/mol. The van der Waals surface area contributed by atoms with E-state index in [-0.39, 0.29) is 29.0 Å². The maximum Gasteiger partial charge on any atom is 0.416 e. The maximum absolute atomic E-state index is 13.9. The van der Waals surface area contributed by atoms with Gasteiger partial charge in [-0.3, -0.25) is 14.5 Å². The fraction of sp³-hybridized carbons (Fsp3) is 0.500. The van der Waals surface area contributed by atoms with Gasteiger partial charge in [0.2, 0.25) is 5.91 Å². The third-order valence-electron chi connectivity index (χ3n) is 9.42. The minimum absolute atomic E-state index is 0.00217. The summed E-state index contributed by atoms with van der Waals surface area (Å²) in [5.74, 6) is 2.23. The average Bonchev–Trinajstić information content (AvgIpc) is 3.72. The molecule has 1 spiro atoms. The van der Waals surface area contributed by atoms with E-state index in [2.05, 4.69) is 42.4 Å². The summed E-state index contributed by atoms with van der Waals surface area (Å²) in [7, 11) is 2.01. The van der Waals surface area contributed by atoms with Crippen molar-refractivity contribution >= 4 is 17.5 Å². The van der Waals surface area contributed by atoms with Gasteiger partial charge >= 0.3 is 6.18 Å². The molecule has 0 unspecified atom stereocenters. The molecule has 252 valence electrons. The summed E-state index contributed by atoms with van der Waals surface area (Å²) in [5, 5.41) is 7.95. The normalized spacial score (nSPS) is 21.2. The topological polar surface area (TPSA) is 74.6 Å². The zero-order chi connectivity index (χ0) is 33.9. The Bertz CT molecular complexity index is 1570. The number of anilines is 1. The number of hydrogen-bond acceptors (Lipinski definition) is 5. The minimum Gasteiger partial charge on any atom is -0.338 e. The first-order valence-electron chi connectivity index (χ1n) is 16.5. The van der Waals surface area contributed by atoms with Crippen molar-refractivity contribution in [2.75, 3.05) is 31.1 Å². The van der Waals surface area contributed by atoms with E-state index in [9.17, 15) is 22.8 Å². The van der Waals surface area contributed by atoms with Gasteiger partial charge in [-0.1, -0.05) is 52.0 Å². The Labute approximate surface area is 275 Å². The molecule has 2 saturated heterocycles. The number of halogens is 3. The molecule has 47 heavy (non-hydrogen) atoms. The standard InChI is InChI=1S/C25H24F3N3O2.C8H13N3.C3H8/c1-2-22(32)30-15-24(16-30)8-9-29(14-24)12-17-10-19-20(21(11-17)25(26,27)28)13-31(23(19)33)18-6-4-3-5-7-18;1-6-3-7(4-6)8-10-9-5-11(8)2;1-3-2/h2-7,10-11H,1,8-9,12-16H2;5-7H,3-4H2,1-2H3;3H2,1-2H3. The number of benzene rings is 2. The van der Waals surface area contributed by atoms with Crippen molar-refractivity contribution in [3.05, 3.63) is 89.5 Å². The van der Waals surface area contributed by atoms with Crippen molar-refractivity contribution in [2.45, 2.75) is 71.6 Å². The van der Waals surface area contributed by atoms with Gasteiger partial charge in [0.1, 0.15) is 12.2 Å². The number of rotatable bonds is 5. The van der Waals surface area contributed by atoms with Crippen LogP contribution < -0.4 is 4.90 Å². The molecule has 8 nitrogen and oxygen atoms in total. The zero-order valence-corrected chi connectivity index (χ0v) is 27.8. The predicted molar refractivity (Wildman–Crippen MR) is 176 cm³/mol. The van der Waals surface area contributed by atoms with E-state index in [1.165, 1.54) is 36.3 Å². The van der Waals surface area contributed by atoms with Crippen LogP contribution in [0.5, 0.6) is 0 Å². The summed E-state index contributed by atoms with van der Waals surface area (Å²) in [6.45, 7) is 13.1.